The summed E-state index contributed by atoms with van der Waals surface area (Å²) in [5.74, 6) is 1.20. The minimum absolute atomic E-state index is 0.0632. The summed E-state index contributed by atoms with van der Waals surface area (Å²) in [5.41, 5.74) is 3.31. The average molecular weight is 350 g/mol. The van der Waals surface area contributed by atoms with Crippen molar-refractivity contribution in [2.45, 2.75) is 13.3 Å². The summed E-state index contributed by atoms with van der Waals surface area (Å²) < 4.78 is 5.34. The number of carbonyl (C=O) groups excluding carboxylic acids is 1. The summed E-state index contributed by atoms with van der Waals surface area (Å²) in [6.45, 7) is 4.76. The van der Waals surface area contributed by atoms with Crippen LogP contribution in [0.15, 0.2) is 54.6 Å². The molecule has 1 atom stereocenters. The Morgan fingerprint density at radius 3 is 2.85 bits per heavy atom. The van der Waals surface area contributed by atoms with Gasteiger partial charge in [0, 0.05) is 37.0 Å². The molecule has 1 N–H and O–H groups in total. The summed E-state index contributed by atoms with van der Waals surface area (Å²) in [7, 11) is 1.64. The maximum atomic E-state index is 12.2. The molecule has 0 radical (unpaired) electrons. The van der Waals surface area contributed by atoms with E-state index in [-0.39, 0.29) is 5.91 Å². The Morgan fingerprint density at radius 2 is 2.08 bits per heavy atom. The molecule has 26 heavy (non-hydrogen) atoms. The highest BCUT2D eigenvalue weighted by Gasteiger charge is 2.22. The van der Waals surface area contributed by atoms with Gasteiger partial charge in [-0.1, -0.05) is 29.8 Å². The maximum Gasteiger partial charge on any atom is 0.244 e. The fourth-order valence-corrected chi connectivity index (χ4v) is 3.33. The van der Waals surface area contributed by atoms with Crippen LogP contribution in [0, 0.1) is 12.8 Å². The molecule has 0 saturated carbocycles. The third kappa shape index (κ3) is 4.66. The van der Waals surface area contributed by atoms with Gasteiger partial charge in [-0.2, -0.15) is 0 Å². The zero-order valence-corrected chi connectivity index (χ0v) is 15.4. The lowest BCUT2D eigenvalue weighted by molar-refractivity contribution is -0.116. The van der Waals surface area contributed by atoms with Crippen molar-refractivity contribution in [2.75, 3.05) is 31.6 Å². The smallest absolute Gasteiger partial charge is 0.244 e. The van der Waals surface area contributed by atoms with Crippen molar-refractivity contribution in [1.29, 1.82) is 0 Å². The third-order valence-electron chi connectivity index (χ3n) is 4.77. The van der Waals surface area contributed by atoms with Crippen LogP contribution in [0.5, 0.6) is 5.75 Å². The number of amides is 1. The predicted molar refractivity (Wildman–Crippen MR) is 107 cm³/mol. The van der Waals surface area contributed by atoms with Crippen molar-refractivity contribution >= 4 is 17.7 Å². The number of hydrogen-bond donors (Lipinski definition) is 1. The summed E-state index contributed by atoms with van der Waals surface area (Å²) in [6.07, 6.45) is 4.50. The van der Waals surface area contributed by atoms with E-state index in [2.05, 4.69) is 34.5 Å². The average Bonchev–Trinajstić information content (AvgIpc) is 3.14. The third-order valence-corrected chi connectivity index (χ3v) is 4.77. The highest BCUT2D eigenvalue weighted by molar-refractivity contribution is 5.92. The van der Waals surface area contributed by atoms with Crippen LogP contribution >= 0.6 is 0 Å². The van der Waals surface area contributed by atoms with Gasteiger partial charge in [-0.05, 0) is 49.6 Å². The molecule has 1 fully saturated rings. The van der Waals surface area contributed by atoms with Crippen LogP contribution in [-0.4, -0.2) is 32.7 Å². The van der Waals surface area contributed by atoms with Gasteiger partial charge in [-0.25, -0.2) is 0 Å². The highest BCUT2D eigenvalue weighted by Crippen LogP contribution is 2.23. The van der Waals surface area contributed by atoms with E-state index in [0.717, 1.165) is 36.4 Å². The van der Waals surface area contributed by atoms with Crippen molar-refractivity contribution in [3.8, 4) is 5.75 Å². The Balaban J connectivity index is 1.50. The number of benzene rings is 2. The summed E-state index contributed by atoms with van der Waals surface area (Å²) in [6, 6.07) is 16.4. The van der Waals surface area contributed by atoms with E-state index >= 15 is 0 Å². The van der Waals surface area contributed by atoms with Crippen molar-refractivity contribution in [3.63, 3.8) is 0 Å². The first kappa shape index (κ1) is 18.1. The molecule has 0 aliphatic carbocycles. The first-order valence-electron chi connectivity index (χ1n) is 9.06. The molecule has 3 rings (SSSR count). The zero-order valence-electron chi connectivity index (χ0n) is 15.4. The van der Waals surface area contributed by atoms with Crippen LogP contribution in [0.3, 0.4) is 0 Å². The fraction of sp³-hybridized carbons (Fsp3) is 0.318. The van der Waals surface area contributed by atoms with Crippen LogP contribution in [0.4, 0.5) is 5.69 Å². The fourth-order valence-electron chi connectivity index (χ4n) is 3.33. The van der Waals surface area contributed by atoms with E-state index in [1.54, 1.807) is 13.2 Å². The minimum Gasteiger partial charge on any atom is -0.496 e. The molecule has 136 valence electrons. The number of anilines is 1. The number of aryl methyl sites for hydroxylation is 1. The molecule has 1 unspecified atom stereocenters. The van der Waals surface area contributed by atoms with E-state index < -0.39 is 0 Å². The number of hydrogen-bond acceptors (Lipinski definition) is 3. The second kappa shape index (κ2) is 8.56. The van der Waals surface area contributed by atoms with Crippen molar-refractivity contribution in [2.24, 2.45) is 5.92 Å². The Morgan fingerprint density at radius 1 is 1.27 bits per heavy atom. The number of methoxy groups -OCH3 is 1. The molecule has 0 spiro atoms. The maximum absolute atomic E-state index is 12.2. The Labute approximate surface area is 155 Å². The lowest BCUT2D eigenvalue weighted by atomic mass is 10.1. The highest BCUT2D eigenvalue weighted by atomic mass is 16.5. The number of ether oxygens (including phenoxy) is 1. The number of carbonyl (C=O) groups is 1. The van der Waals surface area contributed by atoms with Gasteiger partial charge >= 0.3 is 0 Å². The number of rotatable bonds is 6. The Bertz CT molecular complexity index is 771. The van der Waals surface area contributed by atoms with Gasteiger partial charge in [-0.15, -0.1) is 0 Å². The quantitative estimate of drug-likeness (QED) is 0.809. The van der Waals surface area contributed by atoms with E-state index in [1.807, 2.05) is 37.3 Å². The van der Waals surface area contributed by atoms with Gasteiger partial charge in [0.1, 0.15) is 5.75 Å². The molecular formula is C22H26N2O2. The van der Waals surface area contributed by atoms with Crippen LogP contribution in [0.2, 0.25) is 0 Å². The molecule has 1 saturated heterocycles. The largest absolute Gasteiger partial charge is 0.496 e. The predicted octanol–water partition coefficient (Wildman–Crippen LogP) is 3.66. The first-order chi connectivity index (χ1) is 12.7. The number of nitrogens with one attached hydrogen (secondary N) is 1. The van der Waals surface area contributed by atoms with Crippen molar-refractivity contribution in [1.82, 2.24) is 5.32 Å². The Kier molecular flexibility index (Phi) is 5.95. The van der Waals surface area contributed by atoms with Gasteiger partial charge in [0.25, 0.3) is 0 Å². The van der Waals surface area contributed by atoms with E-state index in [1.165, 1.54) is 5.69 Å². The van der Waals surface area contributed by atoms with E-state index in [9.17, 15) is 4.79 Å². The second-order valence-corrected chi connectivity index (χ2v) is 6.76. The Hall–Kier alpha value is -2.75. The molecule has 2 aromatic carbocycles. The molecule has 4 heteroatoms. The summed E-state index contributed by atoms with van der Waals surface area (Å²) in [5, 5.41) is 3.03. The zero-order chi connectivity index (χ0) is 18.4. The first-order valence-corrected chi connectivity index (χ1v) is 9.06. The topological polar surface area (TPSA) is 41.6 Å². The second-order valence-electron chi connectivity index (χ2n) is 6.76. The lowest BCUT2D eigenvalue weighted by Crippen LogP contribution is -2.29. The number of nitrogens with zero attached hydrogens (tertiary/aromatic N) is 1. The van der Waals surface area contributed by atoms with Gasteiger partial charge < -0.3 is 15.0 Å². The van der Waals surface area contributed by atoms with Crippen LogP contribution in [0.25, 0.3) is 6.08 Å². The lowest BCUT2D eigenvalue weighted by Gasteiger charge is -2.18. The summed E-state index contributed by atoms with van der Waals surface area (Å²) >= 11 is 0. The van der Waals surface area contributed by atoms with Gasteiger partial charge in [-0.3, -0.25) is 4.79 Å². The molecule has 4 nitrogen and oxygen atoms in total. The molecule has 0 aromatic heterocycles. The van der Waals surface area contributed by atoms with Crippen molar-refractivity contribution in [3.05, 3.63) is 65.7 Å². The molecule has 1 aliphatic heterocycles. The summed E-state index contributed by atoms with van der Waals surface area (Å²) in [4.78, 5) is 14.5. The monoisotopic (exact) mass is 350 g/mol. The minimum atomic E-state index is -0.0632. The number of para-hydroxylation sites is 1. The molecule has 2 aromatic rings. The molecule has 1 heterocycles. The van der Waals surface area contributed by atoms with E-state index in [0.29, 0.717) is 12.5 Å². The molecule has 1 aliphatic rings. The molecular weight excluding hydrogens is 324 g/mol. The van der Waals surface area contributed by atoms with Gasteiger partial charge in [0.2, 0.25) is 5.91 Å². The molecule has 0 bridgehead atoms. The van der Waals surface area contributed by atoms with Gasteiger partial charge in [0.05, 0.1) is 7.11 Å². The normalized spacial score (nSPS) is 16.8. The standard InChI is InChI=1S/C22H26N2O2/c1-17-8-10-21(26-2)19(14-17)9-11-22(25)23-15-18-12-13-24(16-18)20-6-4-3-5-7-20/h3-11,14,18H,12-13,15-16H2,1-2H3,(H,23,25)/b11-9+. The molecule has 1 amide bonds. The SMILES string of the molecule is COc1ccc(C)cc1/C=C/C(=O)NCC1CCN(c2ccccc2)C1. The van der Waals surface area contributed by atoms with Crippen LogP contribution in [0.1, 0.15) is 17.5 Å². The van der Waals surface area contributed by atoms with Crippen LogP contribution in [-0.2, 0) is 4.79 Å². The van der Waals surface area contributed by atoms with Gasteiger partial charge in [0.15, 0.2) is 0 Å². The van der Waals surface area contributed by atoms with Crippen molar-refractivity contribution < 1.29 is 9.53 Å². The van der Waals surface area contributed by atoms with Crippen LogP contribution < -0.4 is 15.0 Å². The van der Waals surface area contributed by atoms with E-state index in [4.69, 9.17) is 4.74 Å².